The maximum absolute atomic E-state index is 11.7. The molecule has 0 spiro atoms. The Morgan fingerprint density at radius 2 is 1.39 bits per heavy atom. The van der Waals surface area contributed by atoms with E-state index >= 15 is 0 Å². The van der Waals surface area contributed by atoms with Crippen molar-refractivity contribution >= 4 is 34.9 Å². The zero-order valence-electron chi connectivity index (χ0n) is 30.3. The second-order valence-corrected chi connectivity index (χ2v) is 14.4. The van der Waals surface area contributed by atoms with Crippen LogP contribution in [0, 0.1) is 43.9 Å². The summed E-state index contributed by atoms with van der Waals surface area (Å²) < 4.78 is 0. The highest BCUT2D eigenvalue weighted by Crippen LogP contribution is 2.37. The second kappa shape index (κ2) is 18.5. The number of hydrogen-bond donors (Lipinski definition) is 7. The van der Waals surface area contributed by atoms with Crippen molar-refractivity contribution in [2.75, 3.05) is 47.4 Å². The van der Waals surface area contributed by atoms with Gasteiger partial charge in [-0.05, 0) is 92.7 Å². The maximum atomic E-state index is 11.7. The highest BCUT2D eigenvalue weighted by molar-refractivity contribution is 5.58. The van der Waals surface area contributed by atoms with Gasteiger partial charge in [-0.1, -0.05) is 24.3 Å². The van der Waals surface area contributed by atoms with E-state index in [1.54, 1.807) is 12.5 Å². The second-order valence-electron chi connectivity index (χ2n) is 14.4. The van der Waals surface area contributed by atoms with E-state index in [4.69, 9.17) is 11.5 Å². The number of aromatic amines is 1. The average Bonchev–Trinajstić information content (AvgIpc) is 3.72. The number of H-pyrrole nitrogens is 1. The Kier molecular flexibility index (Phi) is 13.1. The molecule has 0 bridgehead atoms. The van der Waals surface area contributed by atoms with Crippen LogP contribution < -0.4 is 32.7 Å². The first-order valence-corrected chi connectivity index (χ1v) is 18.8. The number of benzene rings is 1. The molecule has 0 amide bonds. The Morgan fingerprint density at radius 3 is 1.96 bits per heavy atom. The summed E-state index contributed by atoms with van der Waals surface area (Å²) in [6, 6.07) is 7.97. The summed E-state index contributed by atoms with van der Waals surface area (Å²) in [5.74, 6) is 2.65. The van der Waals surface area contributed by atoms with Crippen LogP contribution in [0.15, 0.2) is 49.2 Å². The molecule has 2 aliphatic carbocycles. The Morgan fingerprint density at radius 1 is 0.796 bits per heavy atom. The number of nitro groups is 2. The van der Waals surface area contributed by atoms with Crippen LogP contribution in [0.4, 0.5) is 34.9 Å². The topological polar surface area (TPSA) is 267 Å². The van der Waals surface area contributed by atoms with Crippen molar-refractivity contribution in [3.63, 3.8) is 0 Å². The van der Waals surface area contributed by atoms with Crippen molar-refractivity contribution in [2.45, 2.75) is 70.4 Å². The molecule has 2 saturated carbocycles. The predicted octanol–water partition coefficient (Wildman–Crippen LogP) is 5.17. The van der Waals surface area contributed by atoms with E-state index in [1.165, 1.54) is 12.4 Å². The Balaban J connectivity index is 0.980. The minimum atomic E-state index is -0.472. The molecule has 9 N–H and O–H groups in total. The van der Waals surface area contributed by atoms with Crippen molar-refractivity contribution < 1.29 is 9.85 Å². The van der Waals surface area contributed by atoms with Crippen LogP contribution in [0.2, 0.25) is 0 Å². The molecule has 3 heterocycles. The summed E-state index contributed by atoms with van der Waals surface area (Å²) in [6.07, 6.45) is 14.5. The summed E-state index contributed by atoms with van der Waals surface area (Å²) in [6.45, 7) is 2.86. The molecule has 1 unspecified atom stereocenters. The third kappa shape index (κ3) is 10.3. The fourth-order valence-corrected chi connectivity index (χ4v) is 7.45. The minimum Gasteiger partial charge on any atom is -0.364 e. The standard InChI is InChI=1S/C36H50N14O4/c37-15-23-4-6-24(7-5-23)16-41-34-31(50(53)54)21-45-36(48-34)43-18-26-2-1-3-28(14-26)32(38)27-10-8-25(9-11-27)17-42-33-30(49(51)52)20-44-35(47-33)40-13-12-29-19-39-22-46-29/h1-3,14,19-25,27,32H,4-13,15-18,37-38H2,(H,39,46)(H2,40,42,44,47)(H2,41,43,45,48). The molecular weight excluding hydrogens is 692 g/mol. The first kappa shape index (κ1) is 38.2. The Bertz CT molecular complexity index is 1830. The molecule has 288 valence electrons. The van der Waals surface area contributed by atoms with Gasteiger partial charge in [0, 0.05) is 50.5 Å². The van der Waals surface area contributed by atoms with Crippen LogP contribution >= 0.6 is 0 Å². The molecule has 6 rings (SSSR count). The monoisotopic (exact) mass is 742 g/mol. The van der Waals surface area contributed by atoms with E-state index in [1.807, 2.05) is 18.2 Å². The van der Waals surface area contributed by atoms with Crippen molar-refractivity contribution in [3.8, 4) is 0 Å². The lowest BCUT2D eigenvalue weighted by Crippen LogP contribution is -2.28. The molecular formula is C36H50N14O4. The van der Waals surface area contributed by atoms with Crippen molar-refractivity contribution in [1.82, 2.24) is 29.9 Å². The van der Waals surface area contributed by atoms with Gasteiger partial charge in [-0.15, -0.1) is 0 Å². The van der Waals surface area contributed by atoms with Gasteiger partial charge < -0.3 is 37.7 Å². The lowest BCUT2D eigenvalue weighted by atomic mass is 9.77. The molecule has 2 fully saturated rings. The third-order valence-corrected chi connectivity index (χ3v) is 10.8. The largest absolute Gasteiger partial charge is 0.364 e. The number of hydrogen-bond acceptors (Lipinski definition) is 15. The number of nitrogens with one attached hydrogen (secondary N) is 5. The highest BCUT2D eigenvalue weighted by atomic mass is 16.6. The van der Waals surface area contributed by atoms with Crippen LogP contribution in [0.1, 0.15) is 74.2 Å². The van der Waals surface area contributed by atoms with Crippen LogP contribution in [0.5, 0.6) is 0 Å². The first-order valence-electron chi connectivity index (χ1n) is 18.8. The maximum Gasteiger partial charge on any atom is 0.329 e. The quantitative estimate of drug-likeness (QED) is 0.0512. The molecule has 18 nitrogen and oxygen atoms in total. The highest BCUT2D eigenvalue weighted by Gasteiger charge is 2.28. The fraction of sp³-hybridized carbons (Fsp3) is 0.528. The molecule has 54 heavy (non-hydrogen) atoms. The number of rotatable bonds is 18. The zero-order chi connectivity index (χ0) is 37.9. The van der Waals surface area contributed by atoms with Crippen molar-refractivity contribution in [3.05, 3.63) is 86.2 Å². The SMILES string of the molecule is NCC1CCC(CNc2nc(NCc3cccc(C(N)C4CCC(CNc5nc(NCCc6cnc[nH]6)ncc5[N+](=O)[O-])CC4)c3)ncc2[N+](=O)[O-])CC1. The normalized spacial score (nSPS) is 20.5. The fourth-order valence-electron chi connectivity index (χ4n) is 7.45. The van der Waals surface area contributed by atoms with E-state index in [2.05, 4.69) is 57.2 Å². The van der Waals surface area contributed by atoms with Gasteiger partial charge >= 0.3 is 11.4 Å². The molecule has 1 aromatic carbocycles. The predicted molar refractivity (Wildman–Crippen MR) is 206 cm³/mol. The van der Waals surface area contributed by atoms with Gasteiger partial charge in [-0.25, -0.2) is 15.0 Å². The van der Waals surface area contributed by atoms with Crippen LogP contribution in [-0.2, 0) is 13.0 Å². The van der Waals surface area contributed by atoms with Gasteiger partial charge in [0.15, 0.2) is 0 Å². The Hall–Kier alpha value is -5.49. The van der Waals surface area contributed by atoms with Crippen LogP contribution in [-0.4, -0.2) is 65.9 Å². The Labute approximate surface area is 313 Å². The summed E-state index contributed by atoms with van der Waals surface area (Å²) in [7, 11) is 0. The van der Waals surface area contributed by atoms with Crippen LogP contribution in [0.3, 0.4) is 0 Å². The molecule has 2 aliphatic rings. The van der Waals surface area contributed by atoms with Gasteiger partial charge in [0.2, 0.25) is 23.5 Å². The first-order chi connectivity index (χ1) is 26.2. The lowest BCUT2D eigenvalue weighted by molar-refractivity contribution is -0.384. The number of nitrogens with zero attached hydrogens (tertiary/aromatic N) is 7. The average molecular weight is 743 g/mol. The zero-order valence-corrected chi connectivity index (χ0v) is 30.3. The summed E-state index contributed by atoms with van der Waals surface area (Å²) in [4.78, 5) is 46.7. The molecule has 0 radical (unpaired) electrons. The molecule has 0 saturated heterocycles. The molecule has 18 heteroatoms. The minimum absolute atomic E-state index is 0.149. The van der Waals surface area contributed by atoms with Gasteiger partial charge in [-0.2, -0.15) is 9.97 Å². The van der Waals surface area contributed by atoms with Crippen LogP contribution in [0.25, 0.3) is 0 Å². The summed E-state index contributed by atoms with van der Waals surface area (Å²) >= 11 is 0. The molecule has 3 aromatic heterocycles. The summed E-state index contributed by atoms with van der Waals surface area (Å²) in [5.41, 5.74) is 15.3. The van der Waals surface area contributed by atoms with E-state index in [0.29, 0.717) is 74.7 Å². The van der Waals surface area contributed by atoms with Crippen molar-refractivity contribution in [2.24, 2.45) is 35.1 Å². The van der Waals surface area contributed by atoms with E-state index in [9.17, 15) is 20.2 Å². The smallest absolute Gasteiger partial charge is 0.329 e. The van der Waals surface area contributed by atoms with E-state index < -0.39 is 9.85 Å². The van der Waals surface area contributed by atoms with Crippen molar-refractivity contribution in [1.29, 1.82) is 0 Å². The molecule has 1 atom stereocenters. The van der Waals surface area contributed by atoms with E-state index in [-0.39, 0.29) is 29.1 Å². The van der Waals surface area contributed by atoms with Gasteiger partial charge in [-0.3, -0.25) is 20.2 Å². The third-order valence-electron chi connectivity index (χ3n) is 10.8. The summed E-state index contributed by atoms with van der Waals surface area (Å²) in [5, 5.41) is 36.2. The number of nitrogens with two attached hydrogens (primary N) is 2. The van der Waals surface area contributed by atoms with Gasteiger partial charge in [0.25, 0.3) is 0 Å². The number of imidazole rings is 1. The van der Waals surface area contributed by atoms with E-state index in [0.717, 1.165) is 68.2 Å². The lowest BCUT2D eigenvalue weighted by Gasteiger charge is -2.32. The number of aromatic nitrogens is 6. The number of anilines is 4. The van der Waals surface area contributed by atoms with Gasteiger partial charge in [0.1, 0.15) is 12.4 Å². The molecule has 4 aromatic rings. The molecule has 0 aliphatic heterocycles. The van der Waals surface area contributed by atoms with Gasteiger partial charge in [0.05, 0.1) is 16.2 Å².